The average Bonchev–Trinajstić information content (AvgIpc) is 3.06. The zero-order chi connectivity index (χ0) is 13.7. The maximum Gasteiger partial charge on any atom is 0.273 e. The van der Waals surface area contributed by atoms with Crippen LogP contribution in [0.1, 0.15) is 35.3 Å². The molecule has 0 aliphatic carbocycles. The van der Waals surface area contributed by atoms with Gasteiger partial charge in [-0.15, -0.1) is 11.3 Å². The molecule has 1 aromatic heterocycles. The third-order valence-electron chi connectivity index (χ3n) is 3.25. The van der Waals surface area contributed by atoms with Gasteiger partial charge in [0.15, 0.2) is 0 Å². The van der Waals surface area contributed by atoms with Gasteiger partial charge in [0.1, 0.15) is 5.69 Å². The number of carbonyl (C=O) groups is 1. The minimum atomic E-state index is -0.00229. The zero-order valence-corrected chi connectivity index (χ0v) is 12.1. The summed E-state index contributed by atoms with van der Waals surface area (Å²) in [6, 6.07) is 0. The number of ether oxygens (including phenoxy) is 1. The van der Waals surface area contributed by atoms with Gasteiger partial charge in [-0.1, -0.05) is 0 Å². The van der Waals surface area contributed by atoms with Crippen LogP contribution in [0, 0.1) is 0 Å². The highest BCUT2D eigenvalue weighted by Crippen LogP contribution is 2.16. The number of rotatable bonds is 6. The van der Waals surface area contributed by atoms with Crippen LogP contribution in [0.15, 0.2) is 5.38 Å². The summed E-state index contributed by atoms with van der Waals surface area (Å²) in [4.78, 5) is 18.5. The number of hydrogen-bond acceptors (Lipinski definition) is 5. The minimum Gasteiger partial charge on any atom is -0.376 e. The van der Waals surface area contributed by atoms with Gasteiger partial charge in [-0.25, -0.2) is 4.98 Å². The van der Waals surface area contributed by atoms with Gasteiger partial charge in [0.05, 0.1) is 11.1 Å². The second-order valence-corrected chi connectivity index (χ2v) is 5.59. The van der Waals surface area contributed by atoms with E-state index in [-0.39, 0.29) is 12.0 Å². The van der Waals surface area contributed by atoms with Crippen LogP contribution in [0.3, 0.4) is 0 Å². The lowest BCUT2D eigenvalue weighted by molar-refractivity contribution is 0.0535. The van der Waals surface area contributed by atoms with Crippen molar-refractivity contribution in [3.63, 3.8) is 0 Å². The molecule has 0 radical (unpaired) electrons. The Morgan fingerprint density at radius 3 is 3.16 bits per heavy atom. The van der Waals surface area contributed by atoms with Gasteiger partial charge in [-0.2, -0.15) is 0 Å². The Morgan fingerprint density at radius 2 is 2.53 bits per heavy atom. The summed E-state index contributed by atoms with van der Waals surface area (Å²) in [6.45, 7) is 4.71. The highest BCUT2D eigenvalue weighted by atomic mass is 32.1. The molecular weight excluding hydrogens is 262 g/mol. The molecule has 0 saturated carbocycles. The van der Waals surface area contributed by atoms with Crippen molar-refractivity contribution in [3.8, 4) is 0 Å². The first-order valence-corrected chi connectivity index (χ1v) is 7.68. The minimum absolute atomic E-state index is 0.00229. The fourth-order valence-electron chi connectivity index (χ4n) is 2.20. The van der Waals surface area contributed by atoms with E-state index in [9.17, 15) is 4.79 Å². The maximum absolute atomic E-state index is 12.4. The summed E-state index contributed by atoms with van der Waals surface area (Å²) < 4.78 is 5.59. The van der Waals surface area contributed by atoms with Gasteiger partial charge in [0, 0.05) is 31.5 Å². The molecular formula is C13H21N3O2S. The molecule has 2 heterocycles. The highest BCUT2D eigenvalue weighted by Gasteiger charge is 2.23. The summed E-state index contributed by atoms with van der Waals surface area (Å²) in [6.07, 6.45) is 3.05. The first kappa shape index (κ1) is 14.4. The van der Waals surface area contributed by atoms with Gasteiger partial charge < -0.3 is 15.4 Å². The van der Waals surface area contributed by atoms with E-state index in [4.69, 9.17) is 10.5 Å². The van der Waals surface area contributed by atoms with Crippen molar-refractivity contribution in [1.82, 2.24) is 9.88 Å². The molecule has 2 rings (SSSR count). The van der Waals surface area contributed by atoms with Gasteiger partial charge in [-0.3, -0.25) is 4.79 Å². The van der Waals surface area contributed by atoms with Crippen molar-refractivity contribution in [1.29, 1.82) is 0 Å². The van der Waals surface area contributed by atoms with Crippen LogP contribution in [0.25, 0.3) is 0 Å². The Kier molecular flexibility index (Phi) is 5.30. The van der Waals surface area contributed by atoms with Crippen molar-refractivity contribution >= 4 is 17.2 Å². The molecule has 1 saturated heterocycles. The van der Waals surface area contributed by atoms with Gasteiger partial charge in [-0.05, 0) is 26.3 Å². The van der Waals surface area contributed by atoms with Crippen LogP contribution in [-0.4, -0.2) is 48.1 Å². The normalized spacial score (nSPS) is 18.7. The van der Waals surface area contributed by atoms with Crippen LogP contribution in [0.5, 0.6) is 0 Å². The van der Waals surface area contributed by atoms with Crippen molar-refractivity contribution in [3.05, 3.63) is 16.1 Å². The molecule has 0 aromatic carbocycles. The lowest BCUT2D eigenvalue weighted by Crippen LogP contribution is -2.37. The topological polar surface area (TPSA) is 68.5 Å². The number of nitrogens with zero attached hydrogens (tertiary/aromatic N) is 2. The monoisotopic (exact) mass is 283 g/mol. The molecule has 1 aliphatic rings. The van der Waals surface area contributed by atoms with E-state index in [0.717, 1.165) is 30.9 Å². The zero-order valence-electron chi connectivity index (χ0n) is 11.3. The largest absolute Gasteiger partial charge is 0.376 e. The summed E-state index contributed by atoms with van der Waals surface area (Å²) in [7, 11) is 0. The second kappa shape index (κ2) is 6.98. The van der Waals surface area contributed by atoms with Crippen LogP contribution in [-0.2, 0) is 11.2 Å². The number of aromatic nitrogens is 1. The lowest BCUT2D eigenvalue weighted by Gasteiger charge is -2.23. The van der Waals surface area contributed by atoms with E-state index in [1.807, 2.05) is 17.2 Å². The summed E-state index contributed by atoms with van der Waals surface area (Å²) in [5.41, 5.74) is 6.03. The Morgan fingerprint density at radius 1 is 1.68 bits per heavy atom. The summed E-state index contributed by atoms with van der Waals surface area (Å²) in [5.74, 6) is -0.00229. The molecule has 0 bridgehead atoms. The van der Waals surface area contributed by atoms with E-state index in [0.29, 0.717) is 25.3 Å². The van der Waals surface area contributed by atoms with E-state index in [1.165, 1.54) is 11.3 Å². The maximum atomic E-state index is 12.4. The van der Waals surface area contributed by atoms with Crippen molar-refractivity contribution in [2.75, 3.05) is 26.2 Å². The second-order valence-electron chi connectivity index (χ2n) is 4.64. The highest BCUT2D eigenvalue weighted by molar-refractivity contribution is 7.09. The first-order chi connectivity index (χ1) is 9.24. The molecule has 1 amide bonds. The van der Waals surface area contributed by atoms with Crippen LogP contribution in [0.4, 0.5) is 0 Å². The van der Waals surface area contributed by atoms with Crippen molar-refractivity contribution in [2.24, 2.45) is 5.73 Å². The van der Waals surface area contributed by atoms with E-state index < -0.39 is 0 Å². The average molecular weight is 283 g/mol. The number of nitrogens with two attached hydrogens (primary N) is 1. The van der Waals surface area contributed by atoms with Crippen LogP contribution >= 0.6 is 11.3 Å². The van der Waals surface area contributed by atoms with Gasteiger partial charge in [0.25, 0.3) is 5.91 Å². The Bertz CT molecular complexity index is 416. The SMILES string of the molecule is CCN(CC1CCCO1)C(=O)c1csc(CCN)n1. The van der Waals surface area contributed by atoms with E-state index in [1.54, 1.807) is 0 Å². The number of thiazole rings is 1. The summed E-state index contributed by atoms with van der Waals surface area (Å²) in [5, 5.41) is 2.75. The standard InChI is InChI=1S/C13H21N3O2S/c1-2-16(8-10-4-3-7-18-10)13(17)11-9-19-12(15-11)5-6-14/h9-10H,2-8,14H2,1H3. The third kappa shape index (κ3) is 3.75. The molecule has 6 heteroatoms. The fraction of sp³-hybridized carbons (Fsp3) is 0.692. The van der Waals surface area contributed by atoms with Crippen molar-refractivity contribution < 1.29 is 9.53 Å². The number of amides is 1. The first-order valence-electron chi connectivity index (χ1n) is 6.80. The Labute approximate surface area is 117 Å². The number of likely N-dealkylation sites (N-methyl/N-ethyl adjacent to an activating group) is 1. The quantitative estimate of drug-likeness (QED) is 0.854. The molecule has 106 valence electrons. The molecule has 1 atom stereocenters. The lowest BCUT2D eigenvalue weighted by atomic mass is 10.2. The van der Waals surface area contributed by atoms with E-state index >= 15 is 0 Å². The molecule has 1 unspecified atom stereocenters. The number of carbonyl (C=O) groups excluding carboxylic acids is 1. The molecule has 5 nitrogen and oxygen atoms in total. The van der Waals surface area contributed by atoms with Gasteiger partial charge in [0.2, 0.25) is 0 Å². The fourth-order valence-corrected chi connectivity index (χ4v) is 2.99. The predicted octanol–water partition coefficient (Wildman–Crippen LogP) is 1.29. The van der Waals surface area contributed by atoms with Gasteiger partial charge >= 0.3 is 0 Å². The van der Waals surface area contributed by atoms with Crippen LogP contribution < -0.4 is 5.73 Å². The molecule has 19 heavy (non-hydrogen) atoms. The molecule has 2 N–H and O–H groups in total. The van der Waals surface area contributed by atoms with Crippen molar-refractivity contribution in [2.45, 2.75) is 32.3 Å². The molecule has 1 fully saturated rings. The molecule has 1 aliphatic heterocycles. The predicted molar refractivity (Wildman–Crippen MR) is 75.4 cm³/mol. The van der Waals surface area contributed by atoms with Crippen LogP contribution in [0.2, 0.25) is 0 Å². The Balaban J connectivity index is 1.97. The third-order valence-corrected chi connectivity index (χ3v) is 4.15. The Hall–Kier alpha value is -0.980. The molecule has 0 spiro atoms. The smallest absolute Gasteiger partial charge is 0.273 e. The van der Waals surface area contributed by atoms with E-state index in [2.05, 4.69) is 4.98 Å². The summed E-state index contributed by atoms with van der Waals surface area (Å²) >= 11 is 1.50. The number of hydrogen-bond donors (Lipinski definition) is 1. The molecule has 1 aromatic rings.